The third-order valence-corrected chi connectivity index (χ3v) is 4.09. The Morgan fingerprint density at radius 2 is 1.08 bits per heavy atom. The second-order valence-electron chi connectivity index (χ2n) is 6.49. The average Bonchev–Trinajstić information content (AvgIpc) is 2.56. The van der Waals surface area contributed by atoms with E-state index in [-0.39, 0.29) is 6.42 Å². The molecule has 0 saturated heterocycles. The summed E-state index contributed by atoms with van der Waals surface area (Å²) in [6.45, 7) is 2.27. The fourth-order valence-corrected chi connectivity index (χ4v) is 2.58. The number of aliphatic carboxylic acids is 1. The number of carbonyl (C=O) groups is 1. The molecule has 0 saturated carbocycles. The molecule has 0 aliphatic rings. The zero-order valence-corrected chi connectivity index (χ0v) is 15.7. The van der Waals surface area contributed by atoms with Crippen molar-refractivity contribution in [3.63, 3.8) is 0 Å². The Balaban J connectivity index is 3.24. The Labute approximate surface area is 149 Å². The lowest BCUT2D eigenvalue weighted by atomic mass is 10.1. The molecule has 0 rings (SSSR count). The first-order valence-electron chi connectivity index (χ1n) is 9.95. The van der Waals surface area contributed by atoms with Gasteiger partial charge in [0.1, 0.15) is 0 Å². The molecule has 0 radical (unpaired) electrons. The molecule has 1 N–H and O–H groups in total. The quantitative estimate of drug-likeness (QED) is 0.281. The maximum Gasteiger partial charge on any atom is 0.303 e. The summed E-state index contributed by atoms with van der Waals surface area (Å²) >= 11 is 0. The predicted molar refractivity (Wildman–Crippen MR) is 103 cm³/mol. The molecule has 0 unspecified atom stereocenters. The highest BCUT2D eigenvalue weighted by Crippen LogP contribution is 2.11. The molecule has 0 heterocycles. The molecule has 0 aromatic carbocycles. The van der Waals surface area contributed by atoms with Gasteiger partial charge in [-0.05, 0) is 31.1 Å². The van der Waals surface area contributed by atoms with E-state index in [4.69, 9.17) is 5.11 Å². The van der Waals surface area contributed by atoms with Crippen molar-refractivity contribution in [1.82, 2.24) is 0 Å². The van der Waals surface area contributed by atoms with E-state index in [0.717, 1.165) is 19.3 Å². The van der Waals surface area contributed by atoms with Crippen LogP contribution in [0.4, 0.5) is 0 Å². The summed E-state index contributed by atoms with van der Waals surface area (Å²) in [7, 11) is 0. The molecular formula is C22H36O2. The van der Waals surface area contributed by atoms with Gasteiger partial charge < -0.3 is 5.11 Å². The lowest BCUT2D eigenvalue weighted by Crippen LogP contribution is -1.92. The molecule has 0 atom stereocenters. The van der Waals surface area contributed by atoms with Crippen molar-refractivity contribution < 1.29 is 9.90 Å². The summed E-state index contributed by atoms with van der Waals surface area (Å²) in [5.41, 5.74) is 0. The van der Waals surface area contributed by atoms with Crippen molar-refractivity contribution in [2.75, 3.05) is 0 Å². The highest BCUT2D eigenvalue weighted by atomic mass is 16.4. The average molecular weight is 333 g/mol. The van der Waals surface area contributed by atoms with Gasteiger partial charge in [-0.25, -0.2) is 0 Å². The Bertz CT molecular complexity index is 403. The van der Waals surface area contributed by atoms with Crippen LogP contribution >= 0.6 is 0 Å². The third-order valence-electron chi connectivity index (χ3n) is 4.09. The molecule has 2 heteroatoms. The van der Waals surface area contributed by atoms with Crippen LogP contribution in [0, 0.1) is 23.7 Å². The van der Waals surface area contributed by atoms with E-state index in [9.17, 15) is 4.79 Å². The summed E-state index contributed by atoms with van der Waals surface area (Å²) < 4.78 is 0. The molecule has 136 valence electrons. The van der Waals surface area contributed by atoms with Gasteiger partial charge in [-0.2, -0.15) is 0 Å². The number of rotatable bonds is 15. The lowest BCUT2D eigenvalue weighted by molar-refractivity contribution is -0.137. The molecule has 0 spiro atoms. The van der Waals surface area contributed by atoms with Gasteiger partial charge in [0.2, 0.25) is 0 Å². The Hall–Kier alpha value is -1.41. The second-order valence-corrected chi connectivity index (χ2v) is 6.49. The lowest BCUT2D eigenvalue weighted by Gasteiger charge is -2.01. The number of hydrogen-bond donors (Lipinski definition) is 1. The Morgan fingerprint density at radius 1 is 0.667 bits per heavy atom. The first kappa shape index (κ1) is 22.6. The monoisotopic (exact) mass is 332 g/mol. The smallest absolute Gasteiger partial charge is 0.303 e. The van der Waals surface area contributed by atoms with E-state index < -0.39 is 5.97 Å². The van der Waals surface area contributed by atoms with Crippen molar-refractivity contribution in [3.8, 4) is 23.7 Å². The Morgan fingerprint density at radius 3 is 1.54 bits per heavy atom. The minimum Gasteiger partial charge on any atom is -0.481 e. The normalized spacial score (nSPS) is 9.71. The van der Waals surface area contributed by atoms with Crippen LogP contribution in [0.3, 0.4) is 0 Å². The highest BCUT2D eigenvalue weighted by molar-refractivity contribution is 5.66. The minimum atomic E-state index is -0.727. The van der Waals surface area contributed by atoms with Gasteiger partial charge in [0.25, 0.3) is 0 Å². The fourth-order valence-electron chi connectivity index (χ4n) is 2.58. The first-order valence-corrected chi connectivity index (χ1v) is 9.95. The topological polar surface area (TPSA) is 37.3 Å². The number of carboxylic acids is 1. The van der Waals surface area contributed by atoms with E-state index in [1.807, 2.05) is 0 Å². The minimum absolute atomic E-state index is 0.242. The van der Waals surface area contributed by atoms with Gasteiger partial charge in [0, 0.05) is 19.3 Å². The van der Waals surface area contributed by atoms with E-state index in [1.54, 1.807) is 0 Å². The maximum absolute atomic E-state index is 10.3. The molecule has 0 bridgehead atoms. The number of unbranched alkanes of at least 4 members (excludes halogenated alkanes) is 13. The van der Waals surface area contributed by atoms with Crippen LogP contribution in [0.1, 0.15) is 110 Å². The molecule has 0 aromatic heterocycles. The van der Waals surface area contributed by atoms with Gasteiger partial charge in [0.05, 0.1) is 0 Å². The molecule has 0 amide bonds. The maximum atomic E-state index is 10.3. The van der Waals surface area contributed by atoms with Crippen LogP contribution in [0.5, 0.6) is 0 Å². The van der Waals surface area contributed by atoms with Crippen LogP contribution in [0.15, 0.2) is 0 Å². The molecule has 0 aliphatic heterocycles. The first-order chi connectivity index (χ1) is 11.8. The van der Waals surface area contributed by atoms with Gasteiger partial charge in [-0.1, -0.05) is 83.0 Å². The molecular weight excluding hydrogens is 296 g/mol. The number of carboxylic acid groups (broad SMARTS) is 1. The van der Waals surface area contributed by atoms with E-state index in [0.29, 0.717) is 6.42 Å². The fraction of sp³-hybridized carbons (Fsp3) is 0.773. The summed E-state index contributed by atoms with van der Waals surface area (Å²) in [5, 5.41) is 8.50. The van der Waals surface area contributed by atoms with Crippen molar-refractivity contribution in [2.24, 2.45) is 0 Å². The van der Waals surface area contributed by atoms with Crippen LogP contribution in [0.25, 0.3) is 0 Å². The number of hydrogen-bond acceptors (Lipinski definition) is 1. The highest BCUT2D eigenvalue weighted by Gasteiger charge is 1.94. The SMILES string of the molecule is CCCCCCCCCCCCCC#CC#CCCCCC(=O)O. The predicted octanol–water partition coefficient (Wildman–Crippen LogP) is 6.34. The molecule has 24 heavy (non-hydrogen) atoms. The summed E-state index contributed by atoms with van der Waals surface area (Å²) in [6, 6.07) is 0. The van der Waals surface area contributed by atoms with Gasteiger partial charge in [-0.3, -0.25) is 4.79 Å². The van der Waals surface area contributed by atoms with Crippen LogP contribution in [-0.4, -0.2) is 11.1 Å². The van der Waals surface area contributed by atoms with Crippen molar-refractivity contribution in [1.29, 1.82) is 0 Å². The van der Waals surface area contributed by atoms with Crippen molar-refractivity contribution in [3.05, 3.63) is 0 Å². The van der Waals surface area contributed by atoms with Gasteiger partial charge in [0.15, 0.2) is 0 Å². The van der Waals surface area contributed by atoms with E-state index >= 15 is 0 Å². The molecule has 0 fully saturated rings. The largest absolute Gasteiger partial charge is 0.481 e. The van der Waals surface area contributed by atoms with Crippen LogP contribution in [-0.2, 0) is 4.79 Å². The van der Waals surface area contributed by atoms with Gasteiger partial charge >= 0.3 is 5.97 Å². The Kier molecular flexibility index (Phi) is 18.5. The van der Waals surface area contributed by atoms with Crippen molar-refractivity contribution in [2.45, 2.75) is 110 Å². The van der Waals surface area contributed by atoms with Gasteiger partial charge in [-0.15, -0.1) is 0 Å². The van der Waals surface area contributed by atoms with E-state index in [2.05, 4.69) is 30.6 Å². The zero-order valence-electron chi connectivity index (χ0n) is 15.7. The van der Waals surface area contributed by atoms with Crippen molar-refractivity contribution >= 4 is 5.97 Å². The third kappa shape index (κ3) is 20.6. The summed E-state index contributed by atoms with van der Waals surface area (Å²) in [6.07, 6.45) is 18.5. The summed E-state index contributed by atoms with van der Waals surface area (Å²) in [5.74, 6) is 11.1. The zero-order chi connectivity index (χ0) is 17.7. The molecule has 2 nitrogen and oxygen atoms in total. The van der Waals surface area contributed by atoms with Crippen LogP contribution < -0.4 is 0 Å². The molecule has 0 aromatic rings. The standard InChI is InChI=1S/C22H36O2/c1-2-3-4-5-6-7-8-9-10-11-12-13-14-15-16-17-18-19-20-21-22(23)24/h2-13,18-21H2,1H3,(H,23,24). The second kappa shape index (κ2) is 19.6. The van der Waals surface area contributed by atoms with E-state index in [1.165, 1.54) is 70.6 Å². The molecule has 0 aliphatic carbocycles. The summed E-state index contributed by atoms with van der Waals surface area (Å²) in [4.78, 5) is 10.3. The van der Waals surface area contributed by atoms with Crippen LogP contribution in [0.2, 0.25) is 0 Å².